The molecule has 2 unspecified atom stereocenters. The van der Waals surface area contributed by atoms with E-state index >= 15 is 0 Å². The number of hydrogen-bond acceptors (Lipinski definition) is 8. The van der Waals surface area contributed by atoms with Crippen LogP contribution in [0, 0.1) is 0 Å². The average Bonchev–Trinajstić information content (AvgIpc) is 1.16. The number of esters is 2. The topological polar surface area (TPSA) is 111 Å². The molecule has 0 heterocycles. The zero-order chi connectivity index (χ0) is 74.6. The molecule has 0 aliphatic heterocycles. The number of carbonyl (C=O) groups excluding carboxylic acids is 3. The molecule has 0 aliphatic carbocycles. The molecule has 0 saturated carbocycles. The molecule has 9 nitrogen and oxygen atoms in total. The summed E-state index contributed by atoms with van der Waals surface area (Å²) in [5.74, 6) is -2.26. The lowest BCUT2D eigenvalue weighted by Gasteiger charge is -2.26. The van der Waals surface area contributed by atoms with E-state index in [1.807, 2.05) is 21.1 Å². The van der Waals surface area contributed by atoms with Crippen molar-refractivity contribution < 1.29 is 42.9 Å². The van der Waals surface area contributed by atoms with Crippen LogP contribution in [0.4, 0.5) is 0 Å². The van der Waals surface area contributed by atoms with E-state index in [1.165, 1.54) is 295 Å². The van der Waals surface area contributed by atoms with E-state index in [0.717, 1.165) is 83.5 Å². The summed E-state index contributed by atoms with van der Waals surface area (Å²) in [6, 6.07) is 0. The van der Waals surface area contributed by atoms with Crippen molar-refractivity contribution in [2.24, 2.45) is 0 Å². The number of carboxylic acids is 1. The summed E-state index contributed by atoms with van der Waals surface area (Å²) in [5, 5.41) is 11.9. The molecule has 9 heteroatoms. The average molecular weight is 1440 g/mol. The highest BCUT2D eigenvalue weighted by molar-refractivity contribution is 5.70. The molecule has 0 amide bonds. The van der Waals surface area contributed by atoms with Crippen LogP contribution in [-0.4, -0.2) is 82.3 Å². The number of carbonyl (C=O) groups is 3. The molecule has 103 heavy (non-hydrogen) atoms. The molecule has 0 rings (SSSR count). The number of hydrogen-bond donors (Lipinski definition) is 0. The fourth-order valence-electron chi connectivity index (χ4n) is 12.8. The highest BCUT2D eigenvalue weighted by atomic mass is 16.7. The minimum atomic E-state index is -1.62. The van der Waals surface area contributed by atoms with E-state index in [2.05, 4.69) is 123 Å². The molecule has 0 aromatic heterocycles. The fraction of sp³-hybridized carbons (Fsp3) is 0.777. The van der Waals surface area contributed by atoms with Crippen LogP contribution >= 0.6 is 0 Å². The summed E-state index contributed by atoms with van der Waals surface area (Å²) in [4.78, 5) is 37.7. The van der Waals surface area contributed by atoms with Gasteiger partial charge in [-0.3, -0.25) is 9.59 Å². The lowest BCUT2D eigenvalue weighted by molar-refractivity contribution is -0.870. The summed E-state index contributed by atoms with van der Waals surface area (Å²) in [5.41, 5.74) is 0. The number of ether oxygens (including phenoxy) is 4. The van der Waals surface area contributed by atoms with Gasteiger partial charge in [0.1, 0.15) is 13.2 Å². The maximum Gasteiger partial charge on any atom is 0.306 e. The largest absolute Gasteiger partial charge is 0.545 e. The van der Waals surface area contributed by atoms with Gasteiger partial charge in [-0.1, -0.05) is 406 Å². The number of carboxylic acid groups (broad SMARTS) is 1. The highest BCUT2D eigenvalue weighted by Gasteiger charge is 2.22. The Morgan fingerprint density at radius 2 is 0.553 bits per heavy atom. The minimum Gasteiger partial charge on any atom is -0.545 e. The van der Waals surface area contributed by atoms with Crippen molar-refractivity contribution in [1.82, 2.24) is 0 Å². The minimum absolute atomic E-state index is 0.148. The van der Waals surface area contributed by atoms with Crippen LogP contribution in [0.2, 0.25) is 0 Å². The van der Waals surface area contributed by atoms with E-state index < -0.39 is 24.3 Å². The van der Waals surface area contributed by atoms with Gasteiger partial charge in [-0.05, 0) is 103 Å². The first kappa shape index (κ1) is 98.9. The molecular formula is C94H167NO8. The number of aliphatic carboxylic acids is 1. The van der Waals surface area contributed by atoms with E-state index in [0.29, 0.717) is 23.9 Å². The smallest absolute Gasteiger partial charge is 0.306 e. The second-order valence-corrected chi connectivity index (χ2v) is 30.8. The number of quaternary nitrogens is 1. The Hall–Kier alpha value is -4.05. The van der Waals surface area contributed by atoms with Gasteiger partial charge in [-0.2, -0.15) is 0 Å². The third-order valence-corrected chi connectivity index (χ3v) is 19.5. The Morgan fingerprint density at radius 3 is 0.825 bits per heavy atom. The van der Waals surface area contributed by atoms with Crippen molar-refractivity contribution in [3.63, 3.8) is 0 Å². The van der Waals surface area contributed by atoms with Crippen LogP contribution in [0.15, 0.2) is 109 Å². The van der Waals surface area contributed by atoms with Crippen LogP contribution in [-0.2, 0) is 33.3 Å². The molecular weight excluding hydrogens is 1270 g/mol. The maximum absolute atomic E-state index is 13.0. The van der Waals surface area contributed by atoms with Gasteiger partial charge < -0.3 is 33.3 Å². The van der Waals surface area contributed by atoms with Crippen molar-refractivity contribution in [3.8, 4) is 0 Å². The van der Waals surface area contributed by atoms with Gasteiger partial charge in [0.15, 0.2) is 12.4 Å². The van der Waals surface area contributed by atoms with Gasteiger partial charge in [0.05, 0.1) is 40.3 Å². The molecule has 0 aliphatic rings. The molecule has 0 bridgehead atoms. The Balaban J connectivity index is 3.94. The molecule has 2 atom stereocenters. The summed E-state index contributed by atoms with van der Waals surface area (Å²) in [7, 11) is 5.95. The lowest BCUT2D eigenvalue weighted by atomic mass is 10.0. The summed E-state index contributed by atoms with van der Waals surface area (Å²) >= 11 is 0. The Kier molecular flexibility index (Phi) is 80.3. The van der Waals surface area contributed by atoms with Crippen molar-refractivity contribution >= 4 is 17.9 Å². The third kappa shape index (κ3) is 85.1. The van der Waals surface area contributed by atoms with E-state index in [9.17, 15) is 19.5 Å². The maximum atomic E-state index is 13.0. The summed E-state index contributed by atoms with van der Waals surface area (Å²) < 4.78 is 22.9. The van der Waals surface area contributed by atoms with Crippen molar-refractivity contribution in [2.75, 3.05) is 47.5 Å². The van der Waals surface area contributed by atoms with Crippen LogP contribution in [0.5, 0.6) is 0 Å². The van der Waals surface area contributed by atoms with Crippen molar-refractivity contribution in [3.05, 3.63) is 109 Å². The highest BCUT2D eigenvalue weighted by Crippen LogP contribution is 2.20. The summed E-state index contributed by atoms with van der Waals surface area (Å²) in [6.45, 7) is 4.68. The second kappa shape index (κ2) is 83.6. The Labute approximate surface area is 638 Å². The van der Waals surface area contributed by atoms with Gasteiger partial charge >= 0.3 is 11.9 Å². The molecule has 0 aromatic carbocycles. The van der Waals surface area contributed by atoms with Gasteiger partial charge in [0.25, 0.3) is 0 Å². The standard InChI is InChI=1S/C94H167NO8/c1-6-8-10-12-14-16-18-20-22-24-26-28-30-32-34-36-38-40-42-44-45-46-47-49-50-52-54-56-58-60-62-64-66-68-70-72-74-76-78-80-82-84-91(96)101-88-90(89-102-94(93(98)99)100-87-86-95(3,4)5)103-92(97)85-83-81-79-77-75-73-71-69-67-65-63-61-59-57-55-53-51-48-43-41-39-37-35-33-31-29-27-25-23-21-19-17-15-13-11-9-7-2/h9,11,15,17-18,20-21,23-24,26-27,29-30,32-33,35,39,41,90,94H,6-8,10,12-14,16,19,22,25,28,31,34,36-38,40,42-89H2,1-5H3/b11-9-,17-15-,20-18-,23-21-,26-24-,29-27-,32-30-,35-33-,41-39-. The normalized spacial score (nSPS) is 13.1. The molecule has 0 saturated heterocycles. The van der Waals surface area contributed by atoms with Gasteiger partial charge in [-0.25, -0.2) is 0 Å². The Bertz CT molecular complexity index is 2070. The first-order valence-corrected chi connectivity index (χ1v) is 44.0. The van der Waals surface area contributed by atoms with Crippen LogP contribution in [0.1, 0.15) is 412 Å². The molecule has 0 spiro atoms. The summed E-state index contributed by atoms with van der Waals surface area (Å²) in [6.07, 6.45) is 115. The zero-order valence-electron chi connectivity index (χ0n) is 68.4. The lowest BCUT2D eigenvalue weighted by Crippen LogP contribution is -2.44. The number of nitrogens with zero attached hydrogens (tertiary/aromatic N) is 1. The predicted octanol–water partition coefficient (Wildman–Crippen LogP) is 27.5. The Morgan fingerprint density at radius 1 is 0.301 bits per heavy atom. The molecule has 0 N–H and O–H groups in total. The quantitative estimate of drug-likeness (QED) is 0.0195. The number of unbranched alkanes of at least 4 members (excludes halogenated alkanes) is 49. The van der Waals surface area contributed by atoms with Gasteiger partial charge in [0, 0.05) is 12.8 Å². The third-order valence-electron chi connectivity index (χ3n) is 19.5. The van der Waals surface area contributed by atoms with Crippen LogP contribution in [0.25, 0.3) is 0 Å². The molecule has 596 valence electrons. The number of allylic oxidation sites excluding steroid dienone is 18. The number of likely N-dealkylation sites (N-methyl/N-ethyl adjacent to an activating group) is 1. The van der Waals surface area contributed by atoms with Crippen LogP contribution < -0.4 is 5.11 Å². The number of rotatable bonds is 82. The van der Waals surface area contributed by atoms with E-state index in [-0.39, 0.29) is 32.2 Å². The monoisotopic (exact) mass is 1440 g/mol. The second-order valence-electron chi connectivity index (χ2n) is 30.8. The SMILES string of the molecule is CC/C=C\C/C=C\C/C=C\C/C=C\C/C=C\C/C=C\CCCCCCCCCCCCCCCCCCCCC(=O)OC(COC(=O)CCCCCCCCCCCCCCCCCCCCCCCCCCCC/C=C\C/C=C\C/C=C\CCCCCCC)COC(OCC[N+](C)(C)C)C(=O)[O-]. The van der Waals surface area contributed by atoms with Crippen molar-refractivity contribution in [1.29, 1.82) is 0 Å². The van der Waals surface area contributed by atoms with E-state index in [4.69, 9.17) is 18.9 Å². The first-order valence-electron chi connectivity index (χ1n) is 44.0. The molecule has 0 fully saturated rings. The zero-order valence-corrected chi connectivity index (χ0v) is 68.4. The van der Waals surface area contributed by atoms with Gasteiger partial charge in [0.2, 0.25) is 0 Å². The van der Waals surface area contributed by atoms with Crippen molar-refractivity contribution in [2.45, 2.75) is 424 Å². The van der Waals surface area contributed by atoms with Gasteiger partial charge in [-0.15, -0.1) is 0 Å². The predicted molar refractivity (Wildman–Crippen MR) is 444 cm³/mol. The molecule has 0 aromatic rings. The fourth-order valence-corrected chi connectivity index (χ4v) is 12.8. The van der Waals surface area contributed by atoms with Crippen LogP contribution in [0.3, 0.4) is 0 Å². The van der Waals surface area contributed by atoms with E-state index in [1.54, 1.807) is 0 Å². The first-order chi connectivity index (χ1) is 50.6. The molecule has 0 radical (unpaired) electrons.